The van der Waals surface area contributed by atoms with Crippen molar-refractivity contribution in [2.24, 2.45) is 0 Å². The van der Waals surface area contributed by atoms with E-state index in [0.29, 0.717) is 29.8 Å². The first kappa shape index (κ1) is 18.0. The number of amides is 2. The fourth-order valence-corrected chi connectivity index (χ4v) is 3.10. The Morgan fingerprint density at radius 2 is 1.92 bits per heavy atom. The van der Waals surface area contributed by atoms with E-state index in [1.807, 2.05) is 0 Å². The third-order valence-corrected chi connectivity index (χ3v) is 4.81. The molecule has 1 atom stereocenters. The molecular formula is C20H20F2N2O2. The normalized spacial score (nSPS) is 15.2. The minimum Gasteiger partial charge on any atom is -0.335 e. The molecule has 0 bridgehead atoms. The number of benzene rings is 2. The summed E-state index contributed by atoms with van der Waals surface area (Å²) in [5.74, 6) is -2.06. The van der Waals surface area contributed by atoms with Gasteiger partial charge in [0, 0.05) is 31.3 Å². The average molecular weight is 358 g/mol. The van der Waals surface area contributed by atoms with Crippen molar-refractivity contribution < 1.29 is 18.4 Å². The molecule has 0 spiro atoms. The Morgan fingerprint density at radius 3 is 2.58 bits per heavy atom. The van der Waals surface area contributed by atoms with Gasteiger partial charge in [-0.05, 0) is 49.2 Å². The van der Waals surface area contributed by atoms with E-state index >= 15 is 0 Å². The molecule has 136 valence electrons. The number of halogens is 2. The van der Waals surface area contributed by atoms with E-state index < -0.39 is 17.7 Å². The number of carbonyl (C=O) groups is 2. The SMILES string of the molecule is CC(c1ccc(F)c(F)c1)N(C)C(=O)c1cccc(N2CCCC2=O)c1. The molecular weight excluding hydrogens is 338 g/mol. The second-order valence-electron chi connectivity index (χ2n) is 6.46. The van der Waals surface area contributed by atoms with E-state index in [2.05, 4.69) is 0 Å². The first-order valence-electron chi connectivity index (χ1n) is 8.51. The highest BCUT2D eigenvalue weighted by Gasteiger charge is 2.24. The molecule has 1 aliphatic rings. The monoisotopic (exact) mass is 358 g/mol. The molecule has 6 heteroatoms. The van der Waals surface area contributed by atoms with Crippen LogP contribution in [0, 0.1) is 11.6 Å². The van der Waals surface area contributed by atoms with Crippen LogP contribution in [0.1, 0.15) is 41.7 Å². The van der Waals surface area contributed by atoms with Crippen LogP contribution in [-0.4, -0.2) is 30.3 Å². The molecule has 0 aromatic heterocycles. The van der Waals surface area contributed by atoms with Gasteiger partial charge in [-0.1, -0.05) is 12.1 Å². The van der Waals surface area contributed by atoms with Gasteiger partial charge in [-0.3, -0.25) is 9.59 Å². The predicted molar refractivity (Wildman–Crippen MR) is 94.9 cm³/mol. The Balaban J connectivity index is 1.81. The summed E-state index contributed by atoms with van der Waals surface area (Å²) in [6.45, 7) is 2.40. The topological polar surface area (TPSA) is 40.6 Å². The number of nitrogens with zero attached hydrogens (tertiary/aromatic N) is 2. The summed E-state index contributed by atoms with van der Waals surface area (Å²) in [7, 11) is 1.61. The van der Waals surface area contributed by atoms with Crippen LogP contribution in [0.3, 0.4) is 0 Å². The third-order valence-electron chi connectivity index (χ3n) is 4.81. The molecule has 1 heterocycles. The van der Waals surface area contributed by atoms with Crippen LogP contribution >= 0.6 is 0 Å². The fraction of sp³-hybridized carbons (Fsp3) is 0.300. The van der Waals surface area contributed by atoms with Crippen molar-refractivity contribution in [3.63, 3.8) is 0 Å². The van der Waals surface area contributed by atoms with E-state index in [1.165, 1.54) is 11.0 Å². The van der Waals surface area contributed by atoms with E-state index in [0.717, 1.165) is 18.6 Å². The molecule has 0 aliphatic carbocycles. The maximum atomic E-state index is 13.5. The first-order chi connectivity index (χ1) is 12.4. The van der Waals surface area contributed by atoms with Gasteiger partial charge in [-0.2, -0.15) is 0 Å². The van der Waals surface area contributed by atoms with Crippen molar-refractivity contribution in [2.45, 2.75) is 25.8 Å². The van der Waals surface area contributed by atoms with Crippen molar-refractivity contribution in [2.75, 3.05) is 18.5 Å². The largest absolute Gasteiger partial charge is 0.335 e. The van der Waals surface area contributed by atoms with Crippen LogP contribution in [0.5, 0.6) is 0 Å². The predicted octanol–water partition coefficient (Wildman–Crippen LogP) is 3.92. The van der Waals surface area contributed by atoms with E-state index in [1.54, 1.807) is 43.1 Å². The van der Waals surface area contributed by atoms with E-state index in [4.69, 9.17) is 0 Å². The Morgan fingerprint density at radius 1 is 1.15 bits per heavy atom. The molecule has 4 nitrogen and oxygen atoms in total. The molecule has 2 aromatic carbocycles. The second kappa shape index (κ2) is 7.23. The molecule has 2 amide bonds. The van der Waals surface area contributed by atoms with Crippen molar-refractivity contribution >= 4 is 17.5 Å². The van der Waals surface area contributed by atoms with Gasteiger partial charge in [0.05, 0.1) is 6.04 Å². The minimum atomic E-state index is -0.940. The summed E-state index contributed by atoms with van der Waals surface area (Å²) >= 11 is 0. The third kappa shape index (κ3) is 3.45. The standard InChI is InChI=1S/C20H20F2N2O2/c1-13(14-8-9-17(21)18(22)12-14)23(2)20(26)15-5-3-6-16(11-15)24-10-4-7-19(24)25/h3,5-6,8-9,11-13H,4,7,10H2,1-2H3. The van der Waals surface area contributed by atoms with Crippen molar-refractivity contribution in [1.82, 2.24) is 4.90 Å². The zero-order valence-corrected chi connectivity index (χ0v) is 14.7. The lowest BCUT2D eigenvalue weighted by molar-refractivity contribution is -0.117. The molecule has 0 radical (unpaired) electrons. The van der Waals surface area contributed by atoms with Crippen molar-refractivity contribution in [3.05, 3.63) is 65.2 Å². The molecule has 1 unspecified atom stereocenters. The molecule has 2 aromatic rings. The van der Waals surface area contributed by atoms with Crippen LogP contribution in [-0.2, 0) is 4.79 Å². The molecule has 0 saturated carbocycles. The van der Waals surface area contributed by atoms with Gasteiger partial charge in [0.1, 0.15) is 0 Å². The molecule has 26 heavy (non-hydrogen) atoms. The Labute approximate surface area is 151 Å². The molecule has 1 aliphatic heterocycles. The number of anilines is 1. The average Bonchev–Trinajstić information content (AvgIpc) is 3.08. The van der Waals surface area contributed by atoms with Crippen molar-refractivity contribution in [3.8, 4) is 0 Å². The summed E-state index contributed by atoms with van der Waals surface area (Å²) in [6, 6.07) is 10.1. The van der Waals surface area contributed by atoms with Gasteiger partial charge in [-0.25, -0.2) is 8.78 Å². The Bertz CT molecular complexity index is 853. The zero-order valence-electron chi connectivity index (χ0n) is 14.7. The highest BCUT2D eigenvalue weighted by Crippen LogP contribution is 2.26. The number of hydrogen-bond acceptors (Lipinski definition) is 2. The van der Waals surface area contributed by atoms with Gasteiger partial charge in [0.15, 0.2) is 11.6 Å². The summed E-state index contributed by atoms with van der Waals surface area (Å²) in [4.78, 5) is 27.9. The second-order valence-corrected chi connectivity index (χ2v) is 6.46. The number of hydrogen-bond donors (Lipinski definition) is 0. The van der Waals surface area contributed by atoms with Crippen LogP contribution in [0.15, 0.2) is 42.5 Å². The number of carbonyl (C=O) groups excluding carboxylic acids is 2. The maximum Gasteiger partial charge on any atom is 0.254 e. The highest BCUT2D eigenvalue weighted by molar-refractivity contribution is 5.99. The Kier molecular flexibility index (Phi) is 5.02. The van der Waals surface area contributed by atoms with Crippen LogP contribution in [0.4, 0.5) is 14.5 Å². The van der Waals surface area contributed by atoms with Gasteiger partial charge in [0.2, 0.25) is 5.91 Å². The quantitative estimate of drug-likeness (QED) is 0.831. The van der Waals surface area contributed by atoms with Gasteiger partial charge >= 0.3 is 0 Å². The minimum absolute atomic E-state index is 0.0538. The lowest BCUT2D eigenvalue weighted by atomic mass is 10.1. The summed E-state index contributed by atoms with van der Waals surface area (Å²) in [6.07, 6.45) is 1.33. The molecule has 1 saturated heterocycles. The lowest BCUT2D eigenvalue weighted by Gasteiger charge is -2.26. The Hall–Kier alpha value is -2.76. The smallest absolute Gasteiger partial charge is 0.254 e. The summed E-state index contributed by atoms with van der Waals surface area (Å²) < 4.78 is 26.6. The summed E-state index contributed by atoms with van der Waals surface area (Å²) in [5, 5.41) is 0. The molecule has 3 rings (SSSR count). The van der Waals surface area contributed by atoms with E-state index in [9.17, 15) is 18.4 Å². The van der Waals surface area contributed by atoms with Crippen LogP contribution in [0.2, 0.25) is 0 Å². The number of rotatable bonds is 4. The zero-order chi connectivity index (χ0) is 18.8. The maximum absolute atomic E-state index is 13.5. The van der Waals surface area contributed by atoms with Crippen LogP contribution in [0.25, 0.3) is 0 Å². The van der Waals surface area contributed by atoms with Crippen LogP contribution < -0.4 is 4.90 Å². The van der Waals surface area contributed by atoms with E-state index in [-0.39, 0.29) is 11.8 Å². The van der Waals surface area contributed by atoms with Crippen molar-refractivity contribution in [1.29, 1.82) is 0 Å². The fourth-order valence-electron chi connectivity index (χ4n) is 3.10. The molecule has 1 fully saturated rings. The summed E-state index contributed by atoms with van der Waals surface area (Å²) in [5.41, 5.74) is 1.65. The molecule has 0 N–H and O–H groups in total. The van der Waals surface area contributed by atoms with Gasteiger partial charge < -0.3 is 9.80 Å². The van der Waals surface area contributed by atoms with Gasteiger partial charge in [0.25, 0.3) is 5.91 Å². The first-order valence-corrected chi connectivity index (χ1v) is 8.51. The van der Waals surface area contributed by atoms with Gasteiger partial charge in [-0.15, -0.1) is 0 Å². The lowest BCUT2D eigenvalue weighted by Crippen LogP contribution is -2.30. The highest BCUT2D eigenvalue weighted by atomic mass is 19.2.